The molecule has 0 aliphatic carbocycles. The second kappa shape index (κ2) is 5.69. The molecule has 1 aromatic carbocycles. The SMILES string of the molecule is CN[C@@H](C)C(=O)NCCc1c[nH]c2ccccc12. The molecule has 0 saturated heterocycles. The third-order valence-corrected chi connectivity index (χ3v) is 3.19. The number of carbonyl (C=O) groups is 1. The van der Waals surface area contributed by atoms with Crippen LogP contribution in [0.25, 0.3) is 10.9 Å². The second-order valence-electron chi connectivity index (χ2n) is 4.41. The summed E-state index contributed by atoms with van der Waals surface area (Å²) in [5, 5.41) is 7.07. The van der Waals surface area contributed by atoms with E-state index in [1.807, 2.05) is 25.3 Å². The lowest BCUT2D eigenvalue weighted by Gasteiger charge is -2.10. The molecular formula is C14H19N3O. The molecule has 0 unspecified atom stereocenters. The molecule has 96 valence electrons. The Morgan fingerprint density at radius 3 is 2.94 bits per heavy atom. The topological polar surface area (TPSA) is 56.9 Å². The van der Waals surface area contributed by atoms with Crippen LogP contribution in [0.5, 0.6) is 0 Å². The van der Waals surface area contributed by atoms with E-state index in [1.165, 1.54) is 10.9 Å². The number of para-hydroxylation sites is 1. The number of carbonyl (C=O) groups excluding carboxylic acids is 1. The first-order valence-corrected chi connectivity index (χ1v) is 6.22. The van der Waals surface area contributed by atoms with Crippen LogP contribution in [0.4, 0.5) is 0 Å². The molecule has 1 aromatic heterocycles. The van der Waals surface area contributed by atoms with Crippen molar-refractivity contribution in [1.82, 2.24) is 15.6 Å². The van der Waals surface area contributed by atoms with Gasteiger partial charge < -0.3 is 15.6 Å². The Hall–Kier alpha value is -1.81. The number of rotatable bonds is 5. The minimum absolute atomic E-state index is 0.0392. The Morgan fingerprint density at radius 1 is 1.39 bits per heavy atom. The van der Waals surface area contributed by atoms with E-state index in [0.29, 0.717) is 6.54 Å². The molecule has 0 bridgehead atoms. The van der Waals surface area contributed by atoms with Crippen LogP contribution in [0.3, 0.4) is 0 Å². The molecule has 0 aliphatic rings. The van der Waals surface area contributed by atoms with Gasteiger partial charge in [0.05, 0.1) is 6.04 Å². The lowest BCUT2D eigenvalue weighted by atomic mass is 10.1. The smallest absolute Gasteiger partial charge is 0.236 e. The summed E-state index contributed by atoms with van der Waals surface area (Å²) in [7, 11) is 1.78. The quantitative estimate of drug-likeness (QED) is 0.746. The zero-order chi connectivity index (χ0) is 13.0. The van der Waals surface area contributed by atoms with Crippen LogP contribution in [0.15, 0.2) is 30.5 Å². The Labute approximate surface area is 107 Å². The van der Waals surface area contributed by atoms with Crippen molar-refractivity contribution in [3.8, 4) is 0 Å². The normalized spacial score (nSPS) is 12.6. The highest BCUT2D eigenvalue weighted by Gasteiger charge is 2.09. The van der Waals surface area contributed by atoms with Crippen LogP contribution in [0.1, 0.15) is 12.5 Å². The van der Waals surface area contributed by atoms with Gasteiger partial charge in [-0.05, 0) is 32.0 Å². The Bertz CT molecular complexity index is 533. The molecule has 1 atom stereocenters. The summed E-state index contributed by atoms with van der Waals surface area (Å²) in [6.07, 6.45) is 2.85. The number of hydrogen-bond acceptors (Lipinski definition) is 2. The molecular weight excluding hydrogens is 226 g/mol. The van der Waals surface area contributed by atoms with Gasteiger partial charge in [0.25, 0.3) is 0 Å². The molecule has 2 rings (SSSR count). The molecule has 4 heteroatoms. The third-order valence-electron chi connectivity index (χ3n) is 3.19. The zero-order valence-electron chi connectivity index (χ0n) is 10.8. The number of hydrogen-bond donors (Lipinski definition) is 3. The largest absolute Gasteiger partial charge is 0.361 e. The number of nitrogens with one attached hydrogen (secondary N) is 3. The molecule has 18 heavy (non-hydrogen) atoms. The van der Waals surface area contributed by atoms with E-state index in [1.54, 1.807) is 7.05 Å². The lowest BCUT2D eigenvalue weighted by molar-refractivity contribution is -0.122. The van der Waals surface area contributed by atoms with E-state index in [2.05, 4.69) is 27.8 Å². The van der Waals surface area contributed by atoms with Crippen molar-refractivity contribution in [2.75, 3.05) is 13.6 Å². The average Bonchev–Trinajstić information content (AvgIpc) is 2.81. The van der Waals surface area contributed by atoms with Crippen LogP contribution in [-0.4, -0.2) is 30.5 Å². The van der Waals surface area contributed by atoms with Gasteiger partial charge in [0.15, 0.2) is 0 Å². The highest BCUT2D eigenvalue weighted by Crippen LogP contribution is 2.17. The molecule has 0 spiro atoms. The molecule has 1 amide bonds. The maximum absolute atomic E-state index is 11.6. The first-order valence-electron chi connectivity index (χ1n) is 6.22. The Morgan fingerprint density at radius 2 is 2.17 bits per heavy atom. The lowest BCUT2D eigenvalue weighted by Crippen LogP contribution is -2.41. The summed E-state index contributed by atoms with van der Waals surface area (Å²) >= 11 is 0. The summed E-state index contributed by atoms with van der Waals surface area (Å²) in [6.45, 7) is 2.51. The fourth-order valence-electron chi connectivity index (χ4n) is 1.94. The number of benzene rings is 1. The van der Waals surface area contributed by atoms with Crippen molar-refractivity contribution in [1.29, 1.82) is 0 Å². The number of fused-ring (bicyclic) bond motifs is 1. The second-order valence-corrected chi connectivity index (χ2v) is 4.41. The van der Waals surface area contributed by atoms with Gasteiger partial charge in [-0.3, -0.25) is 4.79 Å². The standard InChI is InChI=1S/C14H19N3O/c1-10(15-2)14(18)16-8-7-11-9-17-13-6-4-3-5-12(11)13/h3-6,9-10,15,17H,7-8H2,1-2H3,(H,16,18)/t10-/m0/s1. The third kappa shape index (κ3) is 2.71. The van der Waals surface area contributed by atoms with Crippen LogP contribution in [0, 0.1) is 0 Å². The zero-order valence-corrected chi connectivity index (χ0v) is 10.8. The van der Waals surface area contributed by atoms with E-state index >= 15 is 0 Å². The van der Waals surface area contributed by atoms with Gasteiger partial charge in [-0.15, -0.1) is 0 Å². The molecule has 2 aromatic rings. The number of aromatic amines is 1. The van der Waals surface area contributed by atoms with Gasteiger partial charge in [-0.1, -0.05) is 18.2 Å². The molecule has 0 aliphatic heterocycles. The minimum atomic E-state index is -0.145. The van der Waals surface area contributed by atoms with Gasteiger partial charge in [0, 0.05) is 23.6 Å². The van der Waals surface area contributed by atoms with E-state index < -0.39 is 0 Å². The highest BCUT2D eigenvalue weighted by atomic mass is 16.2. The van der Waals surface area contributed by atoms with Crippen molar-refractivity contribution in [3.05, 3.63) is 36.0 Å². The van der Waals surface area contributed by atoms with Gasteiger partial charge in [-0.25, -0.2) is 0 Å². The number of H-pyrrole nitrogens is 1. The van der Waals surface area contributed by atoms with E-state index in [-0.39, 0.29) is 11.9 Å². The van der Waals surface area contributed by atoms with Crippen molar-refractivity contribution < 1.29 is 4.79 Å². The average molecular weight is 245 g/mol. The molecule has 0 fully saturated rings. The highest BCUT2D eigenvalue weighted by molar-refractivity contribution is 5.83. The van der Waals surface area contributed by atoms with Crippen molar-refractivity contribution >= 4 is 16.8 Å². The van der Waals surface area contributed by atoms with Gasteiger partial charge in [-0.2, -0.15) is 0 Å². The first-order chi connectivity index (χ1) is 8.72. The molecule has 0 saturated carbocycles. The fraction of sp³-hybridized carbons (Fsp3) is 0.357. The monoisotopic (exact) mass is 245 g/mol. The van der Waals surface area contributed by atoms with Crippen molar-refractivity contribution in [2.24, 2.45) is 0 Å². The van der Waals surface area contributed by atoms with Gasteiger partial charge in [0.1, 0.15) is 0 Å². The maximum atomic E-state index is 11.6. The minimum Gasteiger partial charge on any atom is -0.361 e. The summed E-state index contributed by atoms with van der Waals surface area (Å²) < 4.78 is 0. The molecule has 3 N–H and O–H groups in total. The predicted octanol–water partition coefficient (Wildman–Crippen LogP) is 1.43. The van der Waals surface area contributed by atoms with E-state index in [4.69, 9.17) is 0 Å². The maximum Gasteiger partial charge on any atom is 0.236 e. The molecule has 0 radical (unpaired) electrons. The first kappa shape index (κ1) is 12.6. The summed E-state index contributed by atoms with van der Waals surface area (Å²) in [5.74, 6) is 0.0392. The van der Waals surface area contributed by atoms with Crippen LogP contribution < -0.4 is 10.6 Å². The summed E-state index contributed by atoms with van der Waals surface area (Å²) in [4.78, 5) is 14.8. The fourth-order valence-corrected chi connectivity index (χ4v) is 1.94. The van der Waals surface area contributed by atoms with E-state index in [9.17, 15) is 4.79 Å². The molecule has 1 heterocycles. The molecule has 4 nitrogen and oxygen atoms in total. The van der Waals surface area contributed by atoms with E-state index in [0.717, 1.165) is 11.9 Å². The summed E-state index contributed by atoms with van der Waals surface area (Å²) in [6, 6.07) is 8.05. The number of amides is 1. The Kier molecular flexibility index (Phi) is 3.99. The number of likely N-dealkylation sites (N-methyl/N-ethyl adjacent to an activating group) is 1. The van der Waals surface area contributed by atoms with Gasteiger partial charge in [0.2, 0.25) is 5.91 Å². The summed E-state index contributed by atoms with van der Waals surface area (Å²) in [5.41, 5.74) is 2.38. The Balaban J connectivity index is 1.93. The van der Waals surface area contributed by atoms with Crippen LogP contribution >= 0.6 is 0 Å². The predicted molar refractivity (Wildman–Crippen MR) is 73.5 cm³/mol. The van der Waals surface area contributed by atoms with Crippen molar-refractivity contribution in [2.45, 2.75) is 19.4 Å². The van der Waals surface area contributed by atoms with Crippen molar-refractivity contribution in [3.63, 3.8) is 0 Å². The number of aromatic nitrogens is 1. The van der Waals surface area contributed by atoms with Gasteiger partial charge >= 0.3 is 0 Å². The van der Waals surface area contributed by atoms with Crippen LogP contribution in [0.2, 0.25) is 0 Å². The van der Waals surface area contributed by atoms with Crippen LogP contribution in [-0.2, 0) is 11.2 Å².